The average molecular weight is 270 g/mol. The zero-order chi connectivity index (χ0) is 14.1. The molecule has 6 nitrogen and oxygen atoms in total. The van der Waals surface area contributed by atoms with Crippen LogP contribution in [-0.2, 0) is 0 Å². The van der Waals surface area contributed by atoms with Crippen molar-refractivity contribution in [3.05, 3.63) is 48.4 Å². The summed E-state index contributed by atoms with van der Waals surface area (Å²) in [7, 11) is 0. The molecule has 20 heavy (non-hydrogen) atoms. The number of hydrogen-bond acceptors (Lipinski definition) is 5. The summed E-state index contributed by atoms with van der Waals surface area (Å²) in [5, 5.41) is 4.22. The highest BCUT2D eigenvalue weighted by Crippen LogP contribution is 2.18. The number of anilines is 1. The number of nitrogens with two attached hydrogens (primary N) is 1. The molecule has 2 heterocycles. The lowest BCUT2D eigenvalue weighted by molar-refractivity contribution is 0.581. The van der Waals surface area contributed by atoms with E-state index in [0.29, 0.717) is 11.5 Å². The van der Waals surface area contributed by atoms with Gasteiger partial charge in [0, 0.05) is 11.3 Å². The lowest BCUT2D eigenvalue weighted by atomic mass is 10.2. The van der Waals surface area contributed by atoms with Crippen LogP contribution < -0.4 is 5.73 Å². The van der Waals surface area contributed by atoms with Crippen LogP contribution >= 0.6 is 0 Å². The van der Waals surface area contributed by atoms with Gasteiger partial charge in [0.25, 0.3) is 0 Å². The van der Waals surface area contributed by atoms with E-state index in [0.717, 1.165) is 5.56 Å². The van der Waals surface area contributed by atoms with E-state index in [2.05, 4.69) is 20.1 Å². The third kappa shape index (κ3) is 2.09. The molecule has 7 heteroatoms. The van der Waals surface area contributed by atoms with Crippen molar-refractivity contribution < 1.29 is 4.39 Å². The number of nitrogen functional groups attached to an aromatic ring is 1. The molecule has 100 valence electrons. The summed E-state index contributed by atoms with van der Waals surface area (Å²) >= 11 is 0. The Balaban J connectivity index is 2.02. The molecule has 0 radical (unpaired) electrons. The topological polar surface area (TPSA) is 82.5 Å². The van der Waals surface area contributed by atoms with Crippen LogP contribution in [0.5, 0.6) is 0 Å². The molecule has 2 aromatic heterocycles. The van der Waals surface area contributed by atoms with Crippen LogP contribution in [0.15, 0.2) is 36.9 Å². The lowest BCUT2D eigenvalue weighted by Crippen LogP contribution is -2.04. The second-order valence-corrected chi connectivity index (χ2v) is 4.23. The monoisotopic (exact) mass is 270 g/mol. The van der Waals surface area contributed by atoms with Crippen molar-refractivity contribution in [2.45, 2.75) is 6.92 Å². The summed E-state index contributed by atoms with van der Waals surface area (Å²) in [5.41, 5.74) is 7.34. The van der Waals surface area contributed by atoms with E-state index in [1.54, 1.807) is 31.2 Å². The van der Waals surface area contributed by atoms with Gasteiger partial charge >= 0.3 is 0 Å². The van der Waals surface area contributed by atoms with E-state index in [9.17, 15) is 4.39 Å². The fraction of sp³-hybridized carbons (Fsp3) is 0.0769. The lowest BCUT2D eigenvalue weighted by Gasteiger charge is -2.02. The molecular weight excluding hydrogens is 259 g/mol. The first kappa shape index (κ1) is 12.2. The largest absolute Gasteiger partial charge is 0.399 e. The zero-order valence-electron chi connectivity index (χ0n) is 10.7. The first-order chi connectivity index (χ1) is 9.65. The molecule has 0 spiro atoms. The normalized spacial score (nSPS) is 10.7. The first-order valence-electron chi connectivity index (χ1n) is 5.90. The first-order valence-corrected chi connectivity index (χ1v) is 5.90. The maximum absolute atomic E-state index is 13.9. The van der Waals surface area contributed by atoms with Gasteiger partial charge in [-0.25, -0.2) is 19.3 Å². The van der Waals surface area contributed by atoms with Gasteiger partial charge in [0.2, 0.25) is 0 Å². The Bertz CT molecular complexity index is 750. The van der Waals surface area contributed by atoms with Crippen LogP contribution in [-0.4, -0.2) is 24.7 Å². The van der Waals surface area contributed by atoms with E-state index in [1.807, 2.05) is 0 Å². The van der Waals surface area contributed by atoms with Crippen LogP contribution in [0.1, 0.15) is 5.69 Å². The standard InChI is InChI=1S/C13H11FN6/c1-8-11(14)13(17-6-16-8)20-7-18-12(19-20)9-2-4-10(15)5-3-9/h2-7H,15H2,1H3. The van der Waals surface area contributed by atoms with E-state index in [4.69, 9.17) is 5.73 Å². The zero-order valence-corrected chi connectivity index (χ0v) is 10.7. The SMILES string of the molecule is Cc1ncnc(-n2cnc(-c3ccc(N)cc3)n2)c1F. The van der Waals surface area contributed by atoms with Crippen molar-refractivity contribution in [2.75, 3.05) is 5.73 Å². The van der Waals surface area contributed by atoms with Gasteiger partial charge in [-0.3, -0.25) is 0 Å². The van der Waals surface area contributed by atoms with Gasteiger partial charge in [-0.2, -0.15) is 4.68 Å². The van der Waals surface area contributed by atoms with Gasteiger partial charge in [-0.05, 0) is 31.2 Å². The Morgan fingerprint density at radius 1 is 1.10 bits per heavy atom. The molecule has 0 aliphatic rings. The highest BCUT2D eigenvalue weighted by molar-refractivity contribution is 5.58. The van der Waals surface area contributed by atoms with Gasteiger partial charge in [0.15, 0.2) is 17.5 Å². The molecule has 0 bridgehead atoms. The molecule has 3 rings (SSSR count). The fourth-order valence-corrected chi connectivity index (χ4v) is 1.73. The Morgan fingerprint density at radius 2 is 1.85 bits per heavy atom. The van der Waals surface area contributed by atoms with Gasteiger partial charge in [0.05, 0.1) is 5.69 Å². The number of aryl methyl sites for hydroxylation is 1. The fourth-order valence-electron chi connectivity index (χ4n) is 1.73. The van der Waals surface area contributed by atoms with Crippen molar-refractivity contribution in [3.8, 4) is 17.2 Å². The summed E-state index contributed by atoms with van der Waals surface area (Å²) in [4.78, 5) is 11.8. The summed E-state index contributed by atoms with van der Waals surface area (Å²) in [5.74, 6) is 0.0358. The minimum atomic E-state index is -0.513. The highest BCUT2D eigenvalue weighted by Gasteiger charge is 2.12. The predicted molar refractivity (Wildman–Crippen MR) is 71.5 cm³/mol. The smallest absolute Gasteiger partial charge is 0.194 e. The Labute approximate surface area is 114 Å². The summed E-state index contributed by atoms with van der Waals surface area (Å²) in [6.07, 6.45) is 2.70. The number of hydrogen-bond donors (Lipinski definition) is 1. The van der Waals surface area contributed by atoms with Crippen LogP contribution in [0.2, 0.25) is 0 Å². The van der Waals surface area contributed by atoms with Gasteiger partial charge in [-0.1, -0.05) is 0 Å². The number of benzene rings is 1. The summed E-state index contributed by atoms with van der Waals surface area (Å²) in [6, 6.07) is 7.12. The molecule has 0 aliphatic carbocycles. The third-order valence-corrected chi connectivity index (χ3v) is 2.82. The van der Waals surface area contributed by atoms with E-state index in [1.165, 1.54) is 17.3 Å². The van der Waals surface area contributed by atoms with Crippen molar-refractivity contribution >= 4 is 5.69 Å². The molecule has 0 saturated carbocycles. The van der Waals surface area contributed by atoms with Gasteiger partial charge < -0.3 is 5.73 Å². The Hall–Kier alpha value is -2.83. The van der Waals surface area contributed by atoms with E-state index < -0.39 is 5.82 Å². The summed E-state index contributed by atoms with van der Waals surface area (Å²) in [6.45, 7) is 1.57. The molecule has 0 amide bonds. The van der Waals surface area contributed by atoms with Crippen molar-refractivity contribution in [1.82, 2.24) is 24.7 Å². The second kappa shape index (κ2) is 4.69. The number of rotatable bonds is 2. The molecular formula is C13H11FN6. The van der Waals surface area contributed by atoms with Crippen LogP contribution in [0, 0.1) is 12.7 Å². The Kier molecular flexibility index (Phi) is 2.86. The summed E-state index contributed by atoms with van der Waals surface area (Å²) < 4.78 is 15.2. The van der Waals surface area contributed by atoms with Gasteiger partial charge in [0.1, 0.15) is 12.7 Å². The molecule has 0 atom stereocenters. The quantitative estimate of drug-likeness (QED) is 0.717. The van der Waals surface area contributed by atoms with E-state index >= 15 is 0 Å². The number of nitrogens with zero attached hydrogens (tertiary/aromatic N) is 5. The average Bonchev–Trinajstić information content (AvgIpc) is 2.92. The molecule has 0 saturated heterocycles. The molecule has 3 aromatic rings. The van der Waals surface area contributed by atoms with Crippen molar-refractivity contribution in [3.63, 3.8) is 0 Å². The maximum Gasteiger partial charge on any atom is 0.194 e. The molecule has 0 unspecified atom stereocenters. The molecule has 0 aliphatic heterocycles. The predicted octanol–water partition coefficient (Wildman–Crippen LogP) is 1.75. The van der Waals surface area contributed by atoms with Crippen LogP contribution in [0.25, 0.3) is 17.2 Å². The number of aromatic nitrogens is 5. The van der Waals surface area contributed by atoms with Crippen molar-refractivity contribution in [1.29, 1.82) is 0 Å². The Morgan fingerprint density at radius 3 is 2.60 bits per heavy atom. The highest BCUT2D eigenvalue weighted by atomic mass is 19.1. The van der Waals surface area contributed by atoms with Crippen LogP contribution in [0.4, 0.5) is 10.1 Å². The third-order valence-electron chi connectivity index (χ3n) is 2.82. The van der Waals surface area contributed by atoms with Crippen LogP contribution in [0.3, 0.4) is 0 Å². The molecule has 1 aromatic carbocycles. The minimum Gasteiger partial charge on any atom is -0.399 e. The van der Waals surface area contributed by atoms with Gasteiger partial charge in [-0.15, -0.1) is 5.10 Å². The second-order valence-electron chi connectivity index (χ2n) is 4.23. The molecule has 0 fully saturated rings. The van der Waals surface area contributed by atoms with Crippen molar-refractivity contribution in [2.24, 2.45) is 0 Å². The molecule has 2 N–H and O–H groups in total. The van der Waals surface area contributed by atoms with E-state index in [-0.39, 0.29) is 11.5 Å². The minimum absolute atomic E-state index is 0.0756. The maximum atomic E-state index is 13.9. The number of halogens is 1.